The van der Waals surface area contributed by atoms with Gasteiger partial charge in [-0.15, -0.1) is 0 Å². The summed E-state index contributed by atoms with van der Waals surface area (Å²) in [6.45, 7) is 4.01. The number of halogens is 1. The smallest absolute Gasteiger partial charge is 0.0766 e. The van der Waals surface area contributed by atoms with Crippen LogP contribution in [0.15, 0.2) is 53.1 Å². The van der Waals surface area contributed by atoms with Crippen molar-refractivity contribution in [3.8, 4) is 5.69 Å². The molecule has 0 atom stereocenters. The van der Waals surface area contributed by atoms with Crippen LogP contribution in [0.5, 0.6) is 0 Å². The first-order chi connectivity index (χ1) is 10.3. The zero-order valence-electron chi connectivity index (χ0n) is 12.0. The molecule has 0 aliphatic heterocycles. The SMILES string of the molecule is CCCNCc1ccn(-c2ccc3cc(Br)ccc3c2)n1. The van der Waals surface area contributed by atoms with E-state index in [-0.39, 0.29) is 0 Å². The summed E-state index contributed by atoms with van der Waals surface area (Å²) in [6, 6.07) is 14.8. The van der Waals surface area contributed by atoms with Crippen molar-refractivity contribution in [3.05, 3.63) is 58.8 Å². The van der Waals surface area contributed by atoms with Crippen LogP contribution in [0.2, 0.25) is 0 Å². The van der Waals surface area contributed by atoms with Gasteiger partial charge in [-0.25, -0.2) is 4.68 Å². The Morgan fingerprint density at radius 2 is 1.90 bits per heavy atom. The molecular weight excluding hydrogens is 326 g/mol. The van der Waals surface area contributed by atoms with Crippen LogP contribution < -0.4 is 5.32 Å². The average Bonchev–Trinajstić information content (AvgIpc) is 2.96. The van der Waals surface area contributed by atoms with E-state index >= 15 is 0 Å². The topological polar surface area (TPSA) is 29.9 Å². The number of fused-ring (bicyclic) bond motifs is 1. The van der Waals surface area contributed by atoms with E-state index in [1.54, 1.807) is 0 Å². The first-order valence-electron chi connectivity index (χ1n) is 7.21. The van der Waals surface area contributed by atoms with Crippen molar-refractivity contribution in [1.29, 1.82) is 0 Å². The molecule has 1 aromatic heterocycles. The predicted octanol–water partition coefficient (Wildman–Crippen LogP) is 4.29. The minimum atomic E-state index is 0.821. The zero-order valence-corrected chi connectivity index (χ0v) is 13.6. The molecule has 3 nitrogen and oxygen atoms in total. The summed E-state index contributed by atoms with van der Waals surface area (Å²) >= 11 is 3.50. The maximum Gasteiger partial charge on any atom is 0.0766 e. The highest BCUT2D eigenvalue weighted by atomic mass is 79.9. The summed E-state index contributed by atoms with van der Waals surface area (Å²) in [4.78, 5) is 0. The van der Waals surface area contributed by atoms with Crippen LogP contribution in [0, 0.1) is 0 Å². The van der Waals surface area contributed by atoms with Crippen molar-refractivity contribution in [2.75, 3.05) is 6.54 Å². The molecular formula is C17H18BrN3. The predicted molar refractivity (Wildman–Crippen MR) is 90.8 cm³/mol. The number of hydrogen-bond acceptors (Lipinski definition) is 2. The summed E-state index contributed by atoms with van der Waals surface area (Å²) < 4.78 is 3.04. The lowest BCUT2D eigenvalue weighted by molar-refractivity contribution is 0.656. The quantitative estimate of drug-likeness (QED) is 0.700. The third-order valence-electron chi connectivity index (χ3n) is 3.43. The van der Waals surface area contributed by atoms with E-state index in [0.717, 1.165) is 35.4 Å². The number of nitrogens with zero attached hydrogens (tertiary/aromatic N) is 2. The Bertz CT molecular complexity index is 749. The van der Waals surface area contributed by atoms with Gasteiger partial charge in [-0.05, 0) is 54.1 Å². The molecule has 0 aliphatic carbocycles. The van der Waals surface area contributed by atoms with Crippen LogP contribution in [-0.4, -0.2) is 16.3 Å². The van der Waals surface area contributed by atoms with Crippen LogP contribution in [0.25, 0.3) is 16.5 Å². The van der Waals surface area contributed by atoms with Crippen LogP contribution in [0.3, 0.4) is 0 Å². The van der Waals surface area contributed by atoms with Gasteiger partial charge in [0.25, 0.3) is 0 Å². The molecule has 0 radical (unpaired) electrons. The van der Waals surface area contributed by atoms with Gasteiger partial charge in [0.1, 0.15) is 0 Å². The molecule has 0 amide bonds. The van der Waals surface area contributed by atoms with Gasteiger partial charge in [-0.3, -0.25) is 0 Å². The lowest BCUT2D eigenvalue weighted by atomic mass is 10.1. The van der Waals surface area contributed by atoms with E-state index in [0.29, 0.717) is 0 Å². The minimum absolute atomic E-state index is 0.821. The Kier molecular flexibility index (Phi) is 4.36. The largest absolute Gasteiger partial charge is 0.311 e. The van der Waals surface area contributed by atoms with Crippen LogP contribution in [0.4, 0.5) is 0 Å². The number of nitrogens with one attached hydrogen (secondary N) is 1. The van der Waals surface area contributed by atoms with Crippen molar-refractivity contribution < 1.29 is 0 Å². The molecule has 108 valence electrons. The molecule has 0 aliphatic rings. The summed E-state index contributed by atoms with van der Waals surface area (Å²) in [5.74, 6) is 0. The number of rotatable bonds is 5. The molecule has 1 N–H and O–H groups in total. The molecule has 3 rings (SSSR count). The third kappa shape index (κ3) is 3.34. The standard InChI is InChI=1S/C17H18BrN3/c1-2-8-19-12-16-7-9-21(20-16)17-6-4-13-10-15(18)5-3-14(13)11-17/h3-7,9-11,19H,2,8,12H2,1H3. The molecule has 0 saturated heterocycles. The van der Waals surface area contributed by atoms with Crippen LogP contribution in [0.1, 0.15) is 19.0 Å². The van der Waals surface area contributed by atoms with Gasteiger partial charge in [0, 0.05) is 17.2 Å². The minimum Gasteiger partial charge on any atom is -0.311 e. The summed E-state index contributed by atoms with van der Waals surface area (Å²) in [5.41, 5.74) is 2.16. The van der Waals surface area contributed by atoms with Gasteiger partial charge in [0.2, 0.25) is 0 Å². The van der Waals surface area contributed by atoms with Crippen molar-refractivity contribution >= 4 is 26.7 Å². The Hall–Kier alpha value is -1.65. The van der Waals surface area contributed by atoms with Crippen LogP contribution in [-0.2, 0) is 6.54 Å². The van der Waals surface area contributed by atoms with Crippen LogP contribution >= 0.6 is 15.9 Å². The van der Waals surface area contributed by atoms with Crippen molar-refractivity contribution in [3.63, 3.8) is 0 Å². The molecule has 2 aromatic carbocycles. The van der Waals surface area contributed by atoms with E-state index in [9.17, 15) is 0 Å². The maximum absolute atomic E-state index is 4.62. The molecule has 21 heavy (non-hydrogen) atoms. The van der Waals surface area contributed by atoms with Gasteiger partial charge in [0.05, 0.1) is 11.4 Å². The van der Waals surface area contributed by atoms with E-state index in [4.69, 9.17) is 0 Å². The Morgan fingerprint density at radius 1 is 1.10 bits per heavy atom. The Balaban J connectivity index is 1.84. The fourth-order valence-corrected chi connectivity index (χ4v) is 2.72. The highest BCUT2D eigenvalue weighted by Gasteiger charge is 2.03. The van der Waals surface area contributed by atoms with E-state index < -0.39 is 0 Å². The van der Waals surface area contributed by atoms with Gasteiger partial charge in [-0.1, -0.05) is 35.0 Å². The number of benzene rings is 2. The van der Waals surface area contributed by atoms with Gasteiger partial charge in [-0.2, -0.15) is 5.10 Å². The molecule has 3 aromatic rings. The van der Waals surface area contributed by atoms with Crippen molar-refractivity contribution in [2.24, 2.45) is 0 Å². The Labute approximate surface area is 133 Å². The van der Waals surface area contributed by atoms with Gasteiger partial charge < -0.3 is 5.32 Å². The summed E-state index contributed by atoms with van der Waals surface area (Å²) in [7, 11) is 0. The molecule has 0 fully saturated rings. The first kappa shape index (κ1) is 14.3. The van der Waals surface area contributed by atoms with E-state index in [1.165, 1.54) is 10.8 Å². The third-order valence-corrected chi connectivity index (χ3v) is 3.92. The second kappa shape index (κ2) is 6.41. The maximum atomic E-state index is 4.62. The number of hydrogen-bond donors (Lipinski definition) is 1. The molecule has 0 spiro atoms. The molecule has 4 heteroatoms. The lowest BCUT2D eigenvalue weighted by Crippen LogP contribution is -2.14. The van der Waals surface area contributed by atoms with Gasteiger partial charge in [0.15, 0.2) is 0 Å². The summed E-state index contributed by atoms with van der Waals surface area (Å²) in [6.07, 6.45) is 3.16. The lowest BCUT2D eigenvalue weighted by Gasteiger charge is -2.05. The fraction of sp³-hybridized carbons (Fsp3) is 0.235. The van der Waals surface area contributed by atoms with Crippen molar-refractivity contribution in [2.45, 2.75) is 19.9 Å². The van der Waals surface area contributed by atoms with E-state index in [1.807, 2.05) is 10.9 Å². The second-order valence-corrected chi connectivity index (χ2v) is 6.02. The first-order valence-corrected chi connectivity index (χ1v) is 8.00. The normalized spacial score (nSPS) is 11.1. The van der Waals surface area contributed by atoms with Crippen molar-refractivity contribution in [1.82, 2.24) is 15.1 Å². The second-order valence-electron chi connectivity index (χ2n) is 5.10. The molecule has 0 bridgehead atoms. The highest BCUT2D eigenvalue weighted by Crippen LogP contribution is 2.22. The fourth-order valence-electron chi connectivity index (χ4n) is 2.34. The molecule has 1 heterocycles. The zero-order chi connectivity index (χ0) is 14.7. The average molecular weight is 344 g/mol. The highest BCUT2D eigenvalue weighted by molar-refractivity contribution is 9.10. The number of aromatic nitrogens is 2. The summed E-state index contributed by atoms with van der Waals surface area (Å²) in [5, 5.41) is 10.4. The van der Waals surface area contributed by atoms with E-state index in [2.05, 4.69) is 75.7 Å². The molecule has 0 unspecified atom stereocenters. The Morgan fingerprint density at radius 3 is 2.76 bits per heavy atom. The monoisotopic (exact) mass is 343 g/mol. The van der Waals surface area contributed by atoms with Gasteiger partial charge >= 0.3 is 0 Å². The molecule has 0 saturated carbocycles.